The summed E-state index contributed by atoms with van der Waals surface area (Å²) in [4.78, 5) is 4.38. The van der Waals surface area contributed by atoms with Gasteiger partial charge in [0.25, 0.3) is 0 Å². The molecule has 2 aromatic rings. The SMILES string of the molecule is COC(C1CC1)C(O)c1cnc2ccccc2c1. The highest BCUT2D eigenvalue weighted by Crippen LogP contribution is 2.39. The minimum absolute atomic E-state index is 0.104. The van der Waals surface area contributed by atoms with Crippen molar-refractivity contribution in [2.75, 3.05) is 7.11 Å². The Morgan fingerprint density at radius 1 is 1.33 bits per heavy atom. The molecule has 1 heterocycles. The number of nitrogens with zero attached hydrogens (tertiary/aromatic N) is 1. The van der Waals surface area contributed by atoms with Crippen LogP contribution in [0.1, 0.15) is 24.5 Å². The zero-order valence-electron chi connectivity index (χ0n) is 10.4. The van der Waals surface area contributed by atoms with Crippen LogP contribution in [0.3, 0.4) is 0 Å². The van der Waals surface area contributed by atoms with E-state index in [0.717, 1.165) is 29.3 Å². The van der Waals surface area contributed by atoms with Gasteiger partial charge >= 0.3 is 0 Å². The Bertz CT molecular complexity index is 551. The van der Waals surface area contributed by atoms with Gasteiger partial charge in [-0.3, -0.25) is 4.98 Å². The third kappa shape index (κ3) is 2.11. The van der Waals surface area contributed by atoms with Crippen LogP contribution in [0, 0.1) is 5.92 Å². The van der Waals surface area contributed by atoms with Gasteiger partial charge < -0.3 is 9.84 Å². The first-order valence-corrected chi connectivity index (χ1v) is 6.35. The molecule has 0 saturated heterocycles. The second-order valence-electron chi connectivity index (χ2n) is 4.94. The van der Waals surface area contributed by atoms with E-state index in [1.54, 1.807) is 13.3 Å². The molecule has 0 radical (unpaired) electrons. The van der Waals surface area contributed by atoms with E-state index in [9.17, 15) is 5.11 Å². The van der Waals surface area contributed by atoms with Crippen molar-refractivity contribution in [3.8, 4) is 0 Å². The van der Waals surface area contributed by atoms with Gasteiger partial charge in [-0.2, -0.15) is 0 Å². The Kier molecular flexibility index (Phi) is 3.02. The molecule has 1 saturated carbocycles. The van der Waals surface area contributed by atoms with Crippen LogP contribution in [-0.2, 0) is 4.74 Å². The predicted molar refractivity (Wildman–Crippen MR) is 70.2 cm³/mol. The molecule has 2 atom stereocenters. The predicted octanol–water partition coefficient (Wildman–Crippen LogP) is 2.69. The monoisotopic (exact) mass is 243 g/mol. The molecule has 3 nitrogen and oxygen atoms in total. The fourth-order valence-corrected chi connectivity index (χ4v) is 2.44. The highest BCUT2D eigenvalue weighted by molar-refractivity contribution is 5.78. The van der Waals surface area contributed by atoms with Gasteiger partial charge in [0.2, 0.25) is 0 Å². The molecular formula is C15H17NO2. The lowest BCUT2D eigenvalue weighted by molar-refractivity contribution is -0.0260. The molecular weight excluding hydrogens is 226 g/mol. The molecule has 94 valence electrons. The van der Waals surface area contributed by atoms with Crippen molar-refractivity contribution in [2.45, 2.75) is 25.0 Å². The van der Waals surface area contributed by atoms with Crippen molar-refractivity contribution in [2.24, 2.45) is 5.92 Å². The van der Waals surface area contributed by atoms with E-state index < -0.39 is 6.10 Å². The maximum absolute atomic E-state index is 10.4. The molecule has 0 aliphatic heterocycles. The quantitative estimate of drug-likeness (QED) is 0.897. The summed E-state index contributed by atoms with van der Waals surface area (Å²) in [5, 5.41) is 11.4. The van der Waals surface area contributed by atoms with Crippen LogP contribution in [0.4, 0.5) is 0 Å². The number of pyridine rings is 1. The number of aliphatic hydroxyl groups is 1. The first-order chi connectivity index (χ1) is 8.79. The number of methoxy groups -OCH3 is 1. The Balaban J connectivity index is 1.92. The van der Waals surface area contributed by atoms with E-state index in [0.29, 0.717) is 5.92 Å². The maximum Gasteiger partial charge on any atom is 0.107 e. The number of hydrogen-bond donors (Lipinski definition) is 1. The molecule has 1 N–H and O–H groups in total. The molecule has 0 spiro atoms. The van der Waals surface area contributed by atoms with E-state index in [4.69, 9.17) is 4.74 Å². The largest absolute Gasteiger partial charge is 0.386 e. The Morgan fingerprint density at radius 2 is 2.11 bits per heavy atom. The normalized spacial score (nSPS) is 18.8. The van der Waals surface area contributed by atoms with Gasteiger partial charge in [-0.1, -0.05) is 18.2 Å². The number of aromatic nitrogens is 1. The average molecular weight is 243 g/mol. The Hall–Kier alpha value is -1.45. The molecule has 3 rings (SSSR count). The molecule has 0 amide bonds. The van der Waals surface area contributed by atoms with Crippen molar-refractivity contribution in [3.63, 3.8) is 0 Å². The summed E-state index contributed by atoms with van der Waals surface area (Å²) in [7, 11) is 1.67. The van der Waals surface area contributed by atoms with E-state index in [2.05, 4.69) is 4.98 Å². The molecule has 0 bridgehead atoms. The smallest absolute Gasteiger partial charge is 0.107 e. The van der Waals surface area contributed by atoms with Crippen molar-refractivity contribution >= 4 is 10.9 Å². The number of para-hydroxylation sites is 1. The van der Waals surface area contributed by atoms with Gasteiger partial charge in [0.1, 0.15) is 6.10 Å². The van der Waals surface area contributed by atoms with Gasteiger partial charge in [0.15, 0.2) is 0 Å². The highest BCUT2D eigenvalue weighted by atomic mass is 16.5. The van der Waals surface area contributed by atoms with Crippen molar-refractivity contribution < 1.29 is 9.84 Å². The second-order valence-corrected chi connectivity index (χ2v) is 4.94. The van der Waals surface area contributed by atoms with Crippen LogP contribution >= 0.6 is 0 Å². The lowest BCUT2D eigenvalue weighted by Crippen LogP contribution is -2.23. The van der Waals surface area contributed by atoms with E-state index in [-0.39, 0.29) is 6.10 Å². The molecule has 18 heavy (non-hydrogen) atoms. The topological polar surface area (TPSA) is 42.4 Å². The second kappa shape index (κ2) is 4.67. The number of hydrogen-bond acceptors (Lipinski definition) is 3. The number of rotatable bonds is 4. The third-order valence-electron chi connectivity index (χ3n) is 3.62. The van der Waals surface area contributed by atoms with Gasteiger partial charge in [-0.25, -0.2) is 0 Å². The summed E-state index contributed by atoms with van der Waals surface area (Å²) >= 11 is 0. The van der Waals surface area contributed by atoms with Gasteiger partial charge in [0.05, 0.1) is 11.6 Å². The lowest BCUT2D eigenvalue weighted by Gasteiger charge is -2.21. The number of ether oxygens (including phenoxy) is 1. The fraction of sp³-hybridized carbons (Fsp3) is 0.400. The summed E-state index contributed by atoms with van der Waals surface area (Å²) in [6.45, 7) is 0. The van der Waals surface area contributed by atoms with E-state index in [1.807, 2.05) is 30.3 Å². The summed E-state index contributed by atoms with van der Waals surface area (Å²) in [5.41, 5.74) is 1.79. The molecule has 1 fully saturated rings. The number of fused-ring (bicyclic) bond motifs is 1. The summed E-state index contributed by atoms with van der Waals surface area (Å²) in [6.07, 6.45) is 3.36. The molecule has 1 aliphatic rings. The highest BCUT2D eigenvalue weighted by Gasteiger charge is 2.36. The lowest BCUT2D eigenvalue weighted by atomic mass is 10.0. The van der Waals surface area contributed by atoms with Crippen molar-refractivity contribution in [3.05, 3.63) is 42.1 Å². The zero-order chi connectivity index (χ0) is 12.5. The minimum Gasteiger partial charge on any atom is -0.386 e. The molecule has 1 aromatic carbocycles. The number of benzene rings is 1. The Labute approximate surface area is 106 Å². The molecule has 3 heteroatoms. The van der Waals surface area contributed by atoms with E-state index in [1.165, 1.54) is 0 Å². The Morgan fingerprint density at radius 3 is 2.83 bits per heavy atom. The maximum atomic E-state index is 10.4. The first-order valence-electron chi connectivity index (χ1n) is 6.35. The van der Waals surface area contributed by atoms with Gasteiger partial charge in [-0.15, -0.1) is 0 Å². The van der Waals surface area contributed by atoms with Crippen molar-refractivity contribution in [1.82, 2.24) is 4.98 Å². The number of aliphatic hydroxyl groups excluding tert-OH is 1. The summed E-state index contributed by atoms with van der Waals surface area (Å²) in [5.74, 6) is 0.497. The molecule has 1 aromatic heterocycles. The van der Waals surface area contributed by atoms with Crippen LogP contribution in [0.2, 0.25) is 0 Å². The minimum atomic E-state index is -0.584. The van der Waals surface area contributed by atoms with Gasteiger partial charge in [-0.05, 0) is 30.9 Å². The summed E-state index contributed by atoms with van der Waals surface area (Å²) < 4.78 is 5.42. The zero-order valence-corrected chi connectivity index (χ0v) is 10.4. The molecule has 1 aliphatic carbocycles. The van der Waals surface area contributed by atoms with E-state index >= 15 is 0 Å². The van der Waals surface area contributed by atoms with Crippen LogP contribution in [0.5, 0.6) is 0 Å². The summed E-state index contributed by atoms with van der Waals surface area (Å²) in [6, 6.07) is 9.93. The fourth-order valence-electron chi connectivity index (χ4n) is 2.44. The van der Waals surface area contributed by atoms with Crippen molar-refractivity contribution in [1.29, 1.82) is 0 Å². The average Bonchev–Trinajstić information content (AvgIpc) is 3.23. The molecule has 2 unspecified atom stereocenters. The van der Waals surface area contributed by atoms with Gasteiger partial charge in [0, 0.05) is 24.3 Å². The van der Waals surface area contributed by atoms with Crippen LogP contribution in [-0.4, -0.2) is 23.3 Å². The van der Waals surface area contributed by atoms with Crippen LogP contribution in [0.15, 0.2) is 36.5 Å². The first kappa shape index (κ1) is 11.6. The standard InChI is InChI=1S/C15H17NO2/c1-18-15(10-6-7-10)14(17)12-8-11-4-2-3-5-13(11)16-9-12/h2-5,8-10,14-15,17H,6-7H2,1H3. The third-order valence-corrected chi connectivity index (χ3v) is 3.62. The van der Waals surface area contributed by atoms with Crippen LogP contribution < -0.4 is 0 Å². The van der Waals surface area contributed by atoms with Crippen LogP contribution in [0.25, 0.3) is 10.9 Å².